The zero-order chi connectivity index (χ0) is 51.8. The number of halogens is 1. The summed E-state index contributed by atoms with van der Waals surface area (Å²) in [6.07, 6.45) is 7.07. The molecule has 6 rings (SSSR count). The summed E-state index contributed by atoms with van der Waals surface area (Å²) >= 11 is 9.27. The van der Waals surface area contributed by atoms with Crippen LogP contribution in [0.3, 0.4) is 0 Å². The van der Waals surface area contributed by atoms with Crippen molar-refractivity contribution in [1.82, 2.24) is 0 Å². The van der Waals surface area contributed by atoms with E-state index in [1.807, 2.05) is 97.1 Å². The number of nitrogens with two attached hydrogens (primary N) is 3. The lowest BCUT2D eigenvalue weighted by molar-refractivity contribution is 0.286. The van der Waals surface area contributed by atoms with Crippen LogP contribution in [0, 0.1) is 45.3 Å². The van der Waals surface area contributed by atoms with Gasteiger partial charge in [0.2, 0.25) is 0 Å². The Hall–Kier alpha value is -6.24. The van der Waals surface area contributed by atoms with E-state index in [0.29, 0.717) is 76.3 Å². The van der Waals surface area contributed by atoms with Crippen molar-refractivity contribution in [3.05, 3.63) is 124 Å². The van der Waals surface area contributed by atoms with Crippen LogP contribution in [0.2, 0.25) is 0 Å². The first-order chi connectivity index (χ1) is 35.1. The molecule has 6 aromatic carbocycles. The van der Waals surface area contributed by atoms with Crippen molar-refractivity contribution >= 4 is 80.0 Å². The molecule has 0 spiro atoms. The number of para-hydroxylation sites is 2. The summed E-state index contributed by atoms with van der Waals surface area (Å²) in [5, 5.41) is 40.6. The standard InChI is InChI=1S/C28H28BrN3O2S2.C28H30N4O2S2/c1-3-5-15-33-25-21(17-30)22(18-31)26(34-16-6-4-2)28(36-24-10-8-7-9-23(24)32)27(25)35-20-13-11-19(29)12-14-20;1-3-5-15-33-25-21(17-29)22(18-30)26(34-16-6-4-2)28(36-24-10-8-7-9-23(24)32)27(25)35-20-13-11-19(31)12-14-20/h7-14H,3-6,15-16,32H2,1-2H3;7-14H,3-6,15-16,31-32H2,1-2H3. The Kier molecular flexibility index (Phi) is 23.6. The number of hydrogen-bond acceptors (Lipinski definition) is 15. The molecule has 0 unspecified atom stereocenters. The van der Waals surface area contributed by atoms with Gasteiger partial charge in [-0.1, -0.05) is 141 Å². The number of anilines is 3. The van der Waals surface area contributed by atoms with Crippen LogP contribution in [-0.2, 0) is 0 Å². The fourth-order valence-electron chi connectivity index (χ4n) is 6.58. The van der Waals surface area contributed by atoms with Gasteiger partial charge in [0.15, 0.2) is 23.0 Å². The third kappa shape index (κ3) is 15.4. The van der Waals surface area contributed by atoms with Gasteiger partial charge in [0.05, 0.1) is 46.0 Å². The molecule has 0 aliphatic carbocycles. The maximum atomic E-state index is 10.2. The summed E-state index contributed by atoms with van der Waals surface area (Å²) in [4.78, 5) is 6.42. The van der Waals surface area contributed by atoms with Crippen LogP contribution in [0.15, 0.2) is 141 Å². The quantitative estimate of drug-likeness (QED) is 0.0380. The van der Waals surface area contributed by atoms with Gasteiger partial charge in [0, 0.05) is 41.1 Å². The first kappa shape index (κ1) is 56.7. The van der Waals surface area contributed by atoms with E-state index in [4.69, 9.17) is 36.1 Å². The van der Waals surface area contributed by atoms with E-state index in [1.165, 1.54) is 47.0 Å². The minimum absolute atomic E-state index is 0.179. The van der Waals surface area contributed by atoms with Crippen LogP contribution in [-0.4, -0.2) is 26.4 Å². The second kappa shape index (κ2) is 29.9. The smallest absolute Gasteiger partial charge is 0.153 e. The molecule has 372 valence electrons. The highest BCUT2D eigenvalue weighted by Gasteiger charge is 2.30. The Bertz CT molecular complexity index is 2730. The van der Waals surface area contributed by atoms with Crippen LogP contribution in [0.1, 0.15) is 101 Å². The van der Waals surface area contributed by atoms with Gasteiger partial charge in [0.25, 0.3) is 0 Å². The highest BCUT2D eigenvalue weighted by atomic mass is 79.9. The maximum Gasteiger partial charge on any atom is 0.153 e. The summed E-state index contributed by atoms with van der Waals surface area (Å²) in [5.41, 5.74) is 21.1. The minimum Gasteiger partial charge on any atom is -0.491 e. The van der Waals surface area contributed by atoms with E-state index in [2.05, 4.69) is 67.9 Å². The second-order valence-corrected chi connectivity index (χ2v) is 21.1. The van der Waals surface area contributed by atoms with Gasteiger partial charge in [-0.25, -0.2) is 0 Å². The van der Waals surface area contributed by atoms with Gasteiger partial charge in [-0.3, -0.25) is 0 Å². The lowest BCUT2D eigenvalue weighted by atomic mass is 10.1. The largest absolute Gasteiger partial charge is 0.491 e. The average molecular weight is 1100 g/mol. The predicted octanol–water partition coefficient (Wildman–Crippen LogP) is 15.7. The van der Waals surface area contributed by atoms with E-state index in [1.54, 1.807) is 0 Å². The average Bonchev–Trinajstić information content (AvgIpc) is 3.39. The Morgan fingerprint density at radius 3 is 1.00 bits per heavy atom. The molecule has 11 nitrogen and oxygen atoms in total. The minimum atomic E-state index is 0.179. The van der Waals surface area contributed by atoms with Gasteiger partial charge in [-0.15, -0.1) is 0 Å². The second-order valence-electron chi connectivity index (χ2n) is 15.9. The topological polar surface area (TPSA) is 210 Å². The van der Waals surface area contributed by atoms with Crippen molar-refractivity contribution in [1.29, 1.82) is 21.0 Å². The first-order valence-electron chi connectivity index (χ1n) is 23.7. The Labute approximate surface area is 449 Å². The number of rotatable bonds is 24. The molecule has 16 heteroatoms. The molecule has 0 atom stereocenters. The molecule has 72 heavy (non-hydrogen) atoms. The normalized spacial score (nSPS) is 10.5. The molecule has 0 heterocycles. The number of nitrogens with zero attached hydrogens (tertiary/aromatic N) is 4. The molecule has 6 N–H and O–H groups in total. The van der Waals surface area contributed by atoms with Crippen LogP contribution in [0.25, 0.3) is 0 Å². The molecule has 6 aromatic rings. The van der Waals surface area contributed by atoms with E-state index in [9.17, 15) is 21.0 Å². The van der Waals surface area contributed by atoms with Crippen LogP contribution in [0.4, 0.5) is 17.1 Å². The summed E-state index contributed by atoms with van der Waals surface area (Å²) in [6.45, 7) is 10.0. The predicted molar refractivity (Wildman–Crippen MR) is 297 cm³/mol. The molecule has 0 saturated carbocycles. The summed E-state index contributed by atoms with van der Waals surface area (Å²) in [6, 6.07) is 39.4. The van der Waals surface area contributed by atoms with E-state index >= 15 is 0 Å². The molecule has 0 aliphatic rings. The van der Waals surface area contributed by atoms with Gasteiger partial charge in [-0.2, -0.15) is 21.0 Å². The summed E-state index contributed by atoms with van der Waals surface area (Å²) < 4.78 is 25.8. The number of nitrogen functional groups attached to an aromatic ring is 3. The highest BCUT2D eigenvalue weighted by Crippen LogP contribution is 2.54. The van der Waals surface area contributed by atoms with Crippen molar-refractivity contribution in [2.45, 2.75) is 118 Å². The third-order valence-corrected chi connectivity index (χ3v) is 15.8. The van der Waals surface area contributed by atoms with Crippen molar-refractivity contribution in [3.63, 3.8) is 0 Å². The Balaban J connectivity index is 0.000000267. The Morgan fingerprint density at radius 1 is 0.417 bits per heavy atom. The number of unbranched alkanes of at least 4 members (excludes halogenated alkanes) is 4. The molecular formula is C56H58BrN7O4S4. The molecule has 0 radical (unpaired) electrons. The van der Waals surface area contributed by atoms with Crippen molar-refractivity contribution in [2.24, 2.45) is 0 Å². The SMILES string of the molecule is CCCCOc1c(C#N)c(C#N)c(OCCCC)c(Sc2ccccc2N)c1Sc1ccc(Br)cc1.CCCCOc1c(C#N)c(C#N)c(OCCCC)c(Sc2ccccc2N)c1Sc1ccc(N)cc1. The van der Waals surface area contributed by atoms with Gasteiger partial charge in [-0.05, 0) is 98.5 Å². The fraction of sp³-hybridized carbons (Fsp3) is 0.286. The van der Waals surface area contributed by atoms with Crippen LogP contribution >= 0.6 is 63.0 Å². The maximum absolute atomic E-state index is 10.2. The first-order valence-corrected chi connectivity index (χ1v) is 27.7. The van der Waals surface area contributed by atoms with Crippen molar-refractivity contribution < 1.29 is 18.9 Å². The summed E-state index contributed by atoms with van der Waals surface area (Å²) in [5.74, 6) is 1.59. The van der Waals surface area contributed by atoms with Crippen molar-refractivity contribution in [2.75, 3.05) is 43.6 Å². The van der Waals surface area contributed by atoms with Crippen LogP contribution in [0.5, 0.6) is 23.0 Å². The third-order valence-electron chi connectivity index (χ3n) is 10.5. The Morgan fingerprint density at radius 2 is 0.708 bits per heavy atom. The summed E-state index contributed by atoms with van der Waals surface area (Å²) in [7, 11) is 0. The highest BCUT2D eigenvalue weighted by molar-refractivity contribution is 9.10. The number of benzene rings is 6. The molecule has 0 fully saturated rings. The zero-order valence-electron chi connectivity index (χ0n) is 40.9. The van der Waals surface area contributed by atoms with Crippen LogP contribution < -0.4 is 36.1 Å². The number of ether oxygens (including phenoxy) is 4. The molecule has 0 saturated heterocycles. The fourth-order valence-corrected chi connectivity index (χ4v) is 11.2. The van der Waals surface area contributed by atoms with Gasteiger partial charge >= 0.3 is 0 Å². The number of nitriles is 4. The van der Waals surface area contributed by atoms with Crippen molar-refractivity contribution in [3.8, 4) is 47.3 Å². The molecular weight excluding hydrogens is 1040 g/mol. The molecule has 0 aliphatic heterocycles. The molecule has 0 aromatic heterocycles. The van der Waals surface area contributed by atoms with Gasteiger partial charge < -0.3 is 36.1 Å². The van der Waals surface area contributed by atoms with E-state index < -0.39 is 0 Å². The van der Waals surface area contributed by atoms with E-state index in [-0.39, 0.29) is 22.3 Å². The molecule has 0 bridgehead atoms. The lowest BCUT2D eigenvalue weighted by Gasteiger charge is -2.22. The monoisotopic (exact) mass is 1100 g/mol. The van der Waals surface area contributed by atoms with E-state index in [0.717, 1.165) is 85.2 Å². The van der Waals surface area contributed by atoms with Gasteiger partial charge in [0.1, 0.15) is 46.5 Å². The zero-order valence-corrected chi connectivity index (χ0v) is 45.7. The number of hydrogen-bond donors (Lipinski definition) is 3. The lowest BCUT2D eigenvalue weighted by Crippen LogP contribution is -2.07. The molecule has 0 amide bonds.